The van der Waals surface area contributed by atoms with Gasteiger partial charge in [-0.3, -0.25) is 9.59 Å². The van der Waals surface area contributed by atoms with Crippen LogP contribution in [0.3, 0.4) is 0 Å². The molecule has 1 fully saturated rings. The minimum Gasteiger partial charge on any atom is -0.364 e. The second-order valence-corrected chi connectivity index (χ2v) is 4.79. The second kappa shape index (κ2) is 4.33. The van der Waals surface area contributed by atoms with Gasteiger partial charge in [-0.1, -0.05) is 0 Å². The summed E-state index contributed by atoms with van der Waals surface area (Å²) >= 11 is 0. The van der Waals surface area contributed by atoms with E-state index in [1.54, 1.807) is 6.92 Å². The Morgan fingerprint density at radius 3 is 2.82 bits per heavy atom. The zero-order valence-electron chi connectivity index (χ0n) is 9.88. The zero-order chi connectivity index (χ0) is 12.5. The largest absolute Gasteiger partial charge is 0.364 e. The standard InChI is InChI=1S/C12H17N3O2/c1-8-5-10(16)9(6-14-8)11(17)15-7-12(13)3-2-4-12/h5-6H,2-4,7,13H2,1H3,(H,14,16)(H,15,17). The highest BCUT2D eigenvalue weighted by atomic mass is 16.2. The number of hydrogen-bond acceptors (Lipinski definition) is 3. The molecule has 92 valence electrons. The van der Waals surface area contributed by atoms with Crippen molar-refractivity contribution in [2.24, 2.45) is 5.73 Å². The van der Waals surface area contributed by atoms with Crippen molar-refractivity contribution < 1.29 is 4.79 Å². The summed E-state index contributed by atoms with van der Waals surface area (Å²) in [6, 6.07) is 1.41. The minimum atomic E-state index is -0.358. The predicted octanol–water partition coefficient (Wildman–Crippen LogP) is 0.295. The Morgan fingerprint density at radius 2 is 2.29 bits per heavy atom. The maximum absolute atomic E-state index is 11.8. The van der Waals surface area contributed by atoms with Crippen LogP contribution in [-0.4, -0.2) is 23.0 Å². The minimum absolute atomic E-state index is 0.138. The van der Waals surface area contributed by atoms with Gasteiger partial charge in [-0.25, -0.2) is 0 Å². The van der Waals surface area contributed by atoms with Gasteiger partial charge < -0.3 is 16.0 Å². The van der Waals surface area contributed by atoms with Gasteiger partial charge in [0, 0.05) is 30.0 Å². The molecule has 0 spiro atoms. The van der Waals surface area contributed by atoms with Crippen molar-refractivity contribution in [1.29, 1.82) is 0 Å². The Hall–Kier alpha value is -1.62. The number of aromatic nitrogens is 1. The van der Waals surface area contributed by atoms with Crippen LogP contribution in [0.2, 0.25) is 0 Å². The number of rotatable bonds is 3. The van der Waals surface area contributed by atoms with Crippen molar-refractivity contribution in [2.45, 2.75) is 31.7 Å². The third-order valence-corrected chi connectivity index (χ3v) is 3.25. The van der Waals surface area contributed by atoms with E-state index < -0.39 is 0 Å². The van der Waals surface area contributed by atoms with Crippen molar-refractivity contribution in [3.63, 3.8) is 0 Å². The first-order chi connectivity index (χ1) is 8.00. The topological polar surface area (TPSA) is 88.0 Å². The number of aryl methyl sites for hydroxylation is 1. The van der Waals surface area contributed by atoms with Gasteiger partial charge in [0.15, 0.2) is 5.43 Å². The van der Waals surface area contributed by atoms with Crippen molar-refractivity contribution in [2.75, 3.05) is 6.54 Å². The molecular formula is C12H17N3O2. The van der Waals surface area contributed by atoms with Gasteiger partial charge >= 0.3 is 0 Å². The van der Waals surface area contributed by atoms with Crippen LogP contribution in [0.5, 0.6) is 0 Å². The summed E-state index contributed by atoms with van der Waals surface area (Å²) in [5.74, 6) is -0.358. The van der Waals surface area contributed by atoms with E-state index in [1.807, 2.05) is 0 Å². The van der Waals surface area contributed by atoms with Gasteiger partial charge in [-0.15, -0.1) is 0 Å². The van der Waals surface area contributed by atoms with Gasteiger partial charge in [0.25, 0.3) is 5.91 Å². The van der Waals surface area contributed by atoms with Crippen molar-refractivity contribution in [3.8, 4) is 0 Å². The fourth-order valence-electron chi connectivity index (χ4n) is 1.91. The first-order valence-electron chi connectivity index (χ1n) is 5.77. The van der Waals surface area contributed by atoms with Gasteiger partial charge in [-0.2, -0.15) is 0 Å². The van der Waals surface area contributed by atoms with Crippen LogP contribution in [0.4, 0.5) is 0 Å². The number of amides is 1. The highest BCUT2D eigenvalue weighted by Gasteiger charge is 2.32. The second-order valence-electron chi connectivity index (χ2n) is 4.79. The first kappa shape index (κ1) is 11.9. The fraction of sp³-hybridized carbons (Fsp3) is 0.500. The quantitative estimate of drug-likeness (QED) is 0.703. The average molecular weight is 235 g/mol. The van der Waals surface area contributed by atoms with Crippen molar-refractivity contribution >= 4 is 5.91 Å². The van der Waals surface area contributed by atoms with Crippen LogP contribution in [0.25, 0.3) is 0 Å². The zero-order valence-corrected chi connectivity index (χ0v) is 9.88. The number of aromatic amines is 1. The smallest absolute Gasteiger partial charge is 0.256 e. The van der Waals surface area contributed by atoms with Crippen LogP contribution in [0.1, 0.15) is 35.3 Å². The molecule has 4 N–H and O–H groups in total. The number of carbonyl (C=O) groups is 1. The third-order valence-electron chi connectivity index (χ3n) is 3.25. The number of pyridine rings is 1. The molecule has 0 saturated heterocycles. The molecule has 0 aliphatic heterocycles. The Balaban J connectivity index is 2.02. The normalized spacial score (nSPS) is 17.3. The Kier molecular flexibility index (Phi) is 3.02. The molecule has 0 unspecified atom stereocenters. The molecule has 0 bridgehead atoms. The molecule has 0 atom stereocenters. The summed E-state index contributed by atoms with van der Waals surface area (Å²) < 4.78 is 0. The van der Waals surface area contributed by atoms with Crippen molar-refractivity contribution in [1.82, 2.24) is 10.3 Å². The van der Waals surface area contributed by atoms with E-state index >= 15 is 0 Å². The van der Waals surface area contributed by atoms with E-state index in [1.165, 1.54) is 12.3 Å². The summed E-state index contributed by atoms with van der Waals surface area (Å²) in [6.07, 6.45) is 4.41. The predicted molar refractivity (Wildman–Crippen MR) is 64.9 cm³/mol. The summed E-state index contributed by atoms with van der Waals surface area (Å²) in [6.45, 7) is 2.20. The lowest BCUT2D eigenvalue weighted by Gasteiger charge is -2.38. The molecule has 17 heavy (non-hydrogen) atoms. The van der Waals surface area contributed by atoms with Gasteiger partial charge in [0.2, 0.25) is 0 Å². The van der Waals surface area contributed by atoms with Crippen molar-refractivity contribution in [3.05, 3.63) is 33.7 Å². The lowest BCUT2D eigenvalue weighted by atomic mass is 9.78. The molecule has 0 aromatic carbocycles. The molecule has 5 heteroatoms. The maximum Gasteiger partial charge on any atom is 0.256 e. The number of hydrogen-bond donors (Lipinski definition) is 3. The lowest BCUT2D eigenvalue weighted by molar-refractivity contribution is 0.0928. The number of H-pyrrole nitrogens is 1. The molecule has 1 amide bonds. The highest BCUT2D eigenvalue weighted by molar-refractivity contribution is 5.93. The summed E-state index contributed by atoms with van der Waals surface area (Å²) in [5.41, 5.74) is 6.33. The highest BCUT2D eigenvalue weighted by Crippen LogP contribution is 2.27. The molecule has 1 heterocycles. The van der Waals surface area contributed by atoms with Gasteiger partial charge in [0.1, 0.15) is 5.56 Å². The van der Waals surface area contributed by atoms with Crippen LogP contribution < -0.4 is 16.5 Å². The summed E-state index contributed by atoms with van der Waals surface area (Å²) in [7, 11) is 0. The molecular weight excluding hydrogens is 218 g/mol. The molecule has 1 aliphatic carbocycles. The first-order valence-corrected chi connectivity index (χ1v) is 5.77. The molecule has 1 saturated carbocycles. The van der Waals surface area contributed by atoms with Crippen LogP contribution in [-0.2, 0) is 0 Å². The van der Waals surface area contributed by atoms with E-state index in [4.69, 9.17) is 5.73 Å². The van der Waals surface area contributed by atoms with Crippen LogP contribution in [0, 0.1) is 6.92 Å². The van der Waals surface area contributed by atoms with E-state index in [9.17, 15) is 9.59 Å². The van der Waals surface area contributed by atoms with Crippen LogP contribution >= 0.6 is 0 Å². The molecule has 5 nitrogen and oxygen atoms in total. The number of nitrogens with one attached hydrogen (secondary N) is 2. The lowest BCUT2D eigenvalue weighted by Crippen LogP contribution is -2.55. The fourth-order valence-corrected chi connectivity index (χ4v) is 1.91. The maximum atomic E-state index is 11.8. The summed E-state index contributed by atoms with van der Waals surface area (Å²) in [4.78, 5) is 26.2. The molecule has 1 aliphatic rings. The van der Waals surface area contributed by atoms with Gasteiger partial charge in [0.05, 0.1) is 0 Å². The van der Waals surface area contributed by atoms with Gasteiger partial charge in [-0.05, 0) is 26.2 Å². The average Bonchev–Trinajstić information content (AvgIpc) is 2.23. The monoisotopic (exact) mass is 235 g/mol. The molecule has 2 rings (SSSR count). The Bertz CT molecular complexity index is 489. The molecule has 0 radical (unpaired) electrons. The SMILES string of the molecule is Cc1cc(=O)c(C(=O)NCC2(N)CCC2)c[nH]1. The number of carbonyl (C=O) groups excluding carboxylic acids is 1. The van der Waals surface area contributed by atoms with E-state index in [0.717, 1.165) is 25.0 Å². The Morgan fingerprint density at radius 1 is 1.59 bits per heavy atom. The van der Waals surface area contributed by atoms with E-state index in [2.05, 4.69) is 10.3 Å². The molecule has 1 aromatic heterocycles. The van der Waals surface area contributed by atoms with E-state index in [-0.39, 0.29) is 22.4 Å². The molecule has 1 aromatic rings. The Labute approximate surface area is 99.4 Å². The number of nitrogens with two attached hydrogens (primary N) is 1. The third kappa shape index (κ3) is 2.55. The summed E-state index contributed by atoms with van der Waals surface area (Å²) in [5, 5.41) is 2.72. The van der Waals surface area contributed by atoms with Crippen LogP contribution in [0.15, 0.2) is 17.1 Å². The van der Waals surface area contributed by atoms with E-state index in [0.29, 0.717) is 6.54 Å².